The third kappa shape index (κ3) is 0.759. The molecule has 0 aromatic carbocycles. The van der Waals surface area contributed by atoms with Crippen LogP contribution in [0.4, 0.5) is 10.8 Å². The van der Waals surface area contributed by atoms with Gasteiger partial charge in [0.1, 0.15) is 10.8 Å². The number of nitrogens with zero attached hydrogens (tertiary/aromatic N) is 1. The van der Waals surface area contributed by atoms with E-state index in [1.54, 1.807) is 0 Å². The minimum atomic E-state index is 0.624. The van der Waals surface area contributed by atoms with E-state index in [9.17, 15) is 0 Å². The Balaban J connectivity index is 2.44. The van der Waals surface area contributed by atoms with E-state index in [2.05, 4.69) is 4.37 Å². The Morgan fingerprint density at radius 2 is 2.10 bits per heavy atom. The van der Waals surface area contributed by atoms with Gasteiger partial charge in [-0.2, -0.15) is 4.37 Å². The van der Waals surface area contributed by atoms with Crippen molar-refractivity contribution in [1.29, 1.82) is 0 Å². The first-order chi connectivity index (χ1) is 4.79. The molecule has 1 heterocycles. The summed E-state index contributed by atoms with van der Waals surface area (Å²) in [5.41, 5.74) is 12.4. The molecule has 0 aliphatic heterocycles. The minimum Gasteiger partial charge on any atom is -0.389 e. The van der Waals surface area contributed by atoms with Gasteiger partial charge in [-0.15, -0.1) is 0 Å². The van der Waals surface area contributed by atoms with Crippen molar-refractivity contribution >= 4 is 22.4 Å². The molecule has 2 rings (SSSR count). The predicted molar refractivity (Wildman–Crippen MR) is 42.9 cm³/mol. The first-order valence-corrected chi connectivity index (χ1v) is 4.07. The van der Waals surface area contributed by atoms with Gasteiger partial charge in [-0.25, -0.2) is 0 Å². The lowest BCUT2D eigenvalue weighted by Gasteiger charge is -1.93. The van der Waals surface area contributed by atoms with Crippen molar-refractivity contribution in [3.05, 3.63) is 5.56 Å². The monoisotopic (exact) mass is 155 g/mol. The summed E-state index contributed by atoms with van der Waals surface area (Å²) < 4.78 is 3.97. The second-order valence-corrected chi connectivity index (χ2v) is 3.42. The molecular weight excluding hydrogens is 146 g/mol. The van der Waals surface area contributed by atoms with Crippen LogP contribution < -0.4 is 11.5 Å². The van der Waals surface area contributed by atoms with Crippen LogP contribution in [0.25, 0.3) is 0 Å². The second-order valence-electron chi connectivity index (χ2n) is 2.62. The smallest absolute Gasteiger partial charge is 0.142 e. The summed E-state index contributed by atoms with van der Waals surface area (Å²) in [6.45, 7) is 0. The summed E-state index contributed by atoms with van der Waals surface area (Å²) in [7, 11) is 0. The van der Waals surface area contributed by atoms with E-state index in [-0.39, 0.29) is 0 Å². The van der Waals surface area contributed by atoms with Crippen LogP contribution in [0.3, 0.4) is 0 Å². The Bertz CT molecular complexity index is 232. The summed E-state index contributed by atoms with van der Waals surface area (Å²) in [5.74, 6) is 1.27. The van der Waals surface area contributed by atoms with Crippen LogP contribution in [-0.2, 0) is 0 Å². The molecule has 54 valence electrons. The average molecular weight is 155 g/mol. The molecule has 3 nitrogen and oxygen atoms in total. The topological polar surface area (TPSA) is 64.9 Å². The summed E-state index contributed by atoms with van der Waals surface area (Å²) in [4.78, 5) is 0. The zero-order valence-corrected chi connectivity index (χ0v) is 6.32. The van der Waals surface area contributed by atoms with Gasteiger partial charge in [0.25, 0.3) is 0 Å². The van der Waals surface area contributed by atoms with Crippen LogP contribution in [0.2, 0.25) is 0 Å². The van der Waals surface area contributed by atoms with Crippen LogP contribution >= 0.6 is 11.5 Å². The quantitative estimate of drug-likeness (QED) is 0.640. The van der Waals surface area contributed by atoms with Gasteiger partial charge in [-0.05, 0) is 30.3 Å². The van der Waals surface area contributed by atoms with Crippen molar-refractivity contribution in [1.82, 2.24) is 4.37 Å². The molecule has 1 fully saturated rings. The minimum absolute atomic E-state index is 0.624. The third-order valence-corrected chi connectivity index (χ3v) is 2.47. The number of rotatable bonds is 1. The van der Waals surface area contributed by atoms with Gasteiger partial charge < -0.3 is 11.5 Å². The summed E-state index contributed by atoms with van der Waals surface area (Å²) in [6, 6.07) is 0. The Morgan fingerprint density at radius 1 is 1.40 bits per heavy atom. The number of nitrogen functional groups attached to an aromatic ring is 2. The highest BCUT2D eigenvalue weighted by atomic mass is 32.1. The van der Waals surface area contributed by atoms with E-state index in [0.717, 1.165) is 10.6 Å². The number of hydrogen-bond donors (Lipinski definition) is 2. The van der Waals surface area contributed by atoms with Crippen LogP contribution in [0.5, 0.6) is 0 Å². The predicted octanol–water partition coefficient (Wildman–Crippen LogP) is 1.18. The highest BCUT2D eigenvalue weighted by Gasteiger charge is 2.29. The Morgan fingerprint density at radius 3 is 2.50 bits per heavy atom. The normalized spacial score (nSPS) is 17.6. The lowest BCUT2D eigenvalue weighted by molar-refractivity contribution is 1.14. The van der Waals surface area contributed by atoms with E-state index in [1.165, 1.54) is 24.4 Å². The van der Waals surface area contributed by atoms with Gasteiger partial charge in [-0.3, -0.25) is 0 Å². The molecule has 1 aliphatic rings. The van der Waals surface area contributed by atoms with Crippen molar-refractivity contribution < 1.29 is 0 Å². The maximum Gasteiger partial charge on any atom is 0.142 e. The Hall–Kier alpha value is -0.770. The molecule has 4 heteroatoms. The number of anilines is 2. The zero-order valence-electron chi connectivity index (χ0n) is 5.50. The number of nitrogens with two attached hydrogens (primary N) is 2. The highest BCUT2D eigenvalue weighted by Crippen LogP contribution is 2.46. The number of aromatic nitrogens is 1. The molecule has 0 amide bonds. The van der Waals surface area contributed by atoms with E-state index in [1.807, 2.05) is 0 Å². The van der Waals surface area contributed by atoms with Gasteiger partial charge in [0.05, 0.1) is 0 Å². The summed E-state index contributed by atoms with van der Waals surface area (Å²) in [6.07, 6.45) is 2.46. The Labute approximate surface area is 63.2 Å². The van der Waals surface area contributed by atoms with Crippen molar-refractivity contribution in [3.63, 3.8) is 0 Å². The van der Waals surface area contributed by atoms with Crippen molar-refractivity contribution in [2.75, 3.05) is 11.5 Å². The van der Waals surface area contributed by atoms with Gasteiger partial charge in [0.2, 0.25) is 0 Å². The Kier molecular flexibility index (Phi) is 1.11. The van der Waals surface area contributed by atoms with E-state index in [4.69, 9.17) is 11.5 Å². The number of hydrogen-bond acceptors (Lipinski definition) is 4. The van der Waals surface area contributed by atoms with Gasteiger partial charge in [0, 0.05) is 5.56 Å². The largest absolute Gasteiger partial charge is 0.389 e. The van der Waals surface area contributed by atoms with Crippen molar-refractivity contribution in [2.24, 2.45) is 0 Å². The SMILES string of the molecule is Nc1nsc(N)c1C1CC1. The molecule has 1 aliphatic carbocycles. The average Bonchev–Trinajstić information content (AvgIpc) is 2.64. The van der Waals surface area contributed by atoms with Crippen LogP contribution in [0.15, 0.2) is 0 Å². The summed E-state index contributed by atoms with van der Waals surface area (Å²) >= 11 is 1.30. The fourth-order valence-electron chi connectivity index (χ4n) is 1.11. The van der Waals surface area contributed by atoms with E-state index < -0.39 is 0 Å². The molecule has 0 spiro atoms. The molecular formula is C6H9N3S. The third-order valence-electron chi connectivity index (χ3n) is 1.77. The van der Waals surface area contributed by atoms with Crippen LogP contribution in [0, 0.1) is 0 Å². The van der Waals surface area contributed by atoms with Gasteiger partial charge in [0.15, 0.2) is 0 Å². The van der Waals surface area contributed by atoms with E-state index >= 15 is 0 Å². The lowest BCUT2D eigenvalue weighted by atomic mass is 10.2. The van der Waals surface area contributed by atoms with E-state index in [0.29, 0.717) is 11.7 Å². The highest BCUT2D eigenvalue weighted by molar-refractivity contribution is 7.10. The molecule has 1 aromatic rings. The fourth-order valence-corrected chi connectivity index (χ4v) is 1.77. The first-order valence-electron chi connectivity index (χ1n) is 3.29. The lowest BCUT2D eigenvalue weighted by Crippen LogP contribution is -1.92. The van der Waals surface area contributed by atoms with Gasteiger partial charge >= 0.3 is 0 Å². The standard InChI is InChI=1S/C6H9N3S/c7-5-4(3-1-2-3)6(8)10-9-5/h3H,1-2,8H2,(H2,7,9). The first kappa shape index (κ1) is 5.97. The fraction of sp³-hybridized carbons (Fsp3) is 0.500. The maximum atomic E-state index is 5.66. The van der Waals surface area contributed by atoms with Gasteiger partial charge in [-0.1, -0.05) is 0 Å². The molecule has 4 N–H and O–H groups in total. The summed E-state index contributed by atoms with van der Waals surface area (Å²) in [5, 5.41) is 0.806. The molecule has 0 saturated heterocycles. The van der Waals surface area contributed by atoms with Crippen LogP contribution in [-0.4, -0.2) is 4.37 Å². The molecule has 1 saturated carbocycles. The molecule has 0 unspecified atom stereocenters. The molecule has 0 bridgehead atoms. The molecule has 0 atom stereocenters. The second kappa shape index (κ2) is 1.85. The maximum absolute atomic E-state index is 5.66. The molecule has 10 heavy (non-hydrogen) atoms. The van der Waals surface area contributed by atoms with Crippen LogP contribution in [0.1, 0.15) is 24.3 Å². The van der Waals surface area contributed by atoms with Crippen molar-refractivity contribution in [2.45, 2.75) is 18.8 Å². The molecule has 0 radical (unpaired) electrons. The van der Waals surface area contributed by atoms with Crippen molar-refractivity contribution in [3.8, 4) is 0 Å². The zero-order chi connectivity index (χ0) is 7.14. The molecule has 1 aromatic heterocycles.